The Morgan fingerprint density at radius 1 is 1.35 bits per heavy atom. The second kappa shape index (κ2) is 7.54. The minimum absolute atomic E-state index is 0.140. The number of hydrogen-bond donors (Lipinski definition) is 1. The van der Waals surface area contributed by atoms with Gasteiger partial charge in [0.05, 0.1) is 17.0 Å². The number of thiophene rings is 1. The molecule has 0 aliphatic heterocycles. The van der Waals surface area contributed by atoms with Crippen molar-refractivity contribution in [3.05, 3.63) is 16.0 Å². The van der Waals surface area contributed by atoms with Gasteiger partial charge in [-0.1, -0.05) is 15.9 Å². The average Bonchev–Trinajstić information content (AvgIpc) is 2.66. The van der Waals surface area contributed by atoms with Gasteiger partial charge in [0.2, 0.25) is 5.91 Å². The molecule has 0 aliphatic carbocycles. The Morgan fingerprint density at radius 3 is 2.50 bits per heavy atom. The number of amides is 1. The van der Waals surface area contributed by atoms with E-state index in [2.05, 4.69) is 21.2 Å². The number of alkyl halides is 1. The Labute approximate surface area is 129 Å². The lowest BCUT2D eigenvalue weighted by atomic mass is 10.1. The standard InChI is InChI=1S/C13H16BrNO4S/c1-4-19-13(18)10-7(2)11(8(3)16)20-12(10)15-9(17)5-6-14/h4-6H2,1-3H3,(H,15,17). The number of hydrogen-bond acceptors (Lipinski definition) is 5. The van der Waals surface area contributed by atoms with E-state index >= 15 is 0 Å². The molecule has 1 rings (SSSR count). The SMILES string of the molecule is CCOC(=O)c1c(NC(=O)CCBr)sc(C(C)=O)c1C. The molecule has 0 saturated carbocycles. The first-order valence-corrected chi connectivity index (χ1v) is 8.03. The van der Waals surface area contributed by atoms with Gasteiger partial charge in [-0.15, -0.1) is 11.3 Å². The molecule has 110 valence electrons. The lowest BCUT2D eigenvalue weighted by molar-refractivity contribution is -0.115. The van der Waals surface area contributed by atoms with Crippen molar-refractivity contribution < 1.29 is 19.1 Å². The third kappa shape index (κ3) is 3.89. The minimum atomic E-state index is -0.525. The largest absolute Gasteiger partial charge is 0.462 e. The Kier molecular flexibility index (Phi) is 6.35. The van der Waals surface area contributed by atoms with Gasteiger partial charge in [-0.3, -0.25) is 9.59 Å². The predicted octanol–water partition coefficient (Wildman–Crippen LogP) is 3.16. The Hall–Kier alpha value is -1.21. The van der Waals surface area contributed by atoms with Gasteiger partial charge < -0.3 is 10.1 Å². The summed E-state index contributed by atoms with van der Waals surface area (Å²) in [5.74, 6) is -0.884. The van der Waals surface area contributed by atoms with Gasteiger partial charge in [-0.05, 0) is 26.3 Å². The fourth-order valence-corrected chi connectivity index (χ4v) is 3.13. The van der Waals surface area contributed by atoms with Crippen LogP contribution >= 0.6 is 27.3 Å². The van der Waals surface area contributed by atoms with Crippen molar-refractivity contribution >= 4 is 49.9 Å². The summed E-state index contributed by atoms with van der Waals surface area (Å²) in [6.45, 7) is 5.05. The van der Waals surface area contributed by atoms with E-state index in [1.54, 1.807) is 13.8 Å². The third-order valence-corrected chi connectivity index (χ3v) is 4.23. The van der Waals surface area contributed by atoms with E-state index in [4.69, 9.17) is 4.74 Å². The van der Waals surface area contributed by atoms with Crippen molar-refractivity contribution in [2.45, 2.75) is 27.2 Å². The van der Waals surface area contributed by atoms with Crippen LogP contribution in [0.25, 0.3) is 0 Å². The Bertz CT molecular complexity index is 539. The number of anilines is 1. The smallest absolute Gasteiger partial charge is 0.341 e. The number of carbonyl (C=O) groups is 3. The van der Waals surface area contributed by atoms with Crippen molar-refractivity contribution in [3.63, 3.8) is 0 Å². The molecule has 0 bridgehead atoms. The van der Waals surface area contributed by atoms with Crippen molar-refractivity contribution in [2.75, 3.05) is 17.3 Å². The minimum Gasteiger partial charge on any atom is -0.462 e. The van der Waals surface area contributed by atoms with E-state index in [1.807, 2.05) is 0 Å². The first kappa shape index (κ1) is 16.8. The fraction of sp³-hybridized carbons (Fsp3) is 0.462. The molecule has 1 N–H and O–H groups in total. The molecule has 0 spiro atoms. The zero-order valence-corrected chi connectivity index (χ0v) is 13.9. The van der Waals surface area contributed by atoms with Gasteiger partial charge >= 0.3 is 5.97 Å². The summed E-state index contributed by atoms with van der Waals surface area (Å²) in [4.78, 5) is 35.7. The van der Waals surface area contributed by atoms with Crippen molar-refractivity contribution in [3.8, 4) is 0 Å². The molecule has 1 heterocycles. The summed E-state index contributed by atoms with van der Waals surface area (Å²) in [6, 6.07) is 0. The monoisotopic (exact) mass is 361 g/mol. The van der Waals surface area contributed by atoms with Crippen LogP contribution in [-0.2, 0) is 9.53 Å². The maximum Gasteiger partial charge on any atom is 0.341 e. The van der Waals surface area contributed by atoms with Crippen molar-refractivity contribution in [1.82, 2.24) is 0 Å². The van der Waals surface area contributed by atoms with Crippen LogP contribution in [0.1, 0.15) is 45.9 Å². The van der Waals surface area contributed by atoms with Crippen LogP contribution in [0, 0.1) is 6.92 Å². The normalized spacial score (nSPS) is 10.2. The van der Waals surface area contributed by atoms with Gasteiger partial charge in [-0.2, -0.15) is 0 Å². The van der Waals surface area contributed by atoms with Crippen LogP contribution in [0.4, 0.5) is 5.00 Å². The van der Waals surface area contributed by atoms with E-state index in [0.717, 1.165) is 11.3 Å². The highest BCUT2D eigenvalue weighted by Crippen LogP contribution is 2.34. The lowest BCUT2D eigenvalue weighted by Gasteiger charge is -2.06. The molecular weight excluding hydrogens is 346 g/mol. The van der Waals surface area contributed by atoms with Crippen LogP contribution in [0.3, 0.4) is 0 Å². The van der Waals surface area contributed by atoms with Crippen LogP contribution < -0.4 is 5.32 Å². The summed E-state index contributed by atoms with van der Waals surface area (Å²) in [5.41, 5.74) is 0.820. The molecule has 0 aliphatic rings. The van der Waals surface area contributed by atoms with Crippen LogP contribution in [-0.4, -0.2) is 29.6 Å². The maximum atomic E-state index is 12.0. The number of esters is 1. The molecule has 0 unspecified atom stereocenters. The number of ketones is 1. The molecule has 7 heteroatoms. The Balaban J connectivity index is 3.19. The average molecular weight is 362 g/mol. The quantitative estimate of drug-likeness (QED) is 0.479. The van der Waals surface area contributed by atoms with Crippen LogP contribution in [0.5, 0.6) is 0 Å². The van der Waals surface area contributed by atoms with Gasteiger partial charge in [0.1, 0.15) is 5.00 Å². The second-order valence-electron chi connectivity index (χ2n) is 4.02. The molecule has 0 fully saturated rings. The highest BCUT2D eigenvalue weighted by Gasteiger charge is 2.24. The lowest BCUT2D eigenvalue weighted by Crippen LogP contribution is -2.14. The van der Waals surface area contributed by atoms with Crippen LogP contribution in [0.2, 0.25) is 0 Å². The van der Waals surface area contributed by atoms with Crippen molar-refractivity contribution in [1.29, 1.82) is 0 Å². The molecule has 0 atom stereocenters. The van der Waals surface area contributed by atoms with Gasteiger partial charge in [0, 0.05) is 11.8 Å². The molecule has 1 amide bonds. The van der Waals surface area contributed by atoms with E-state index in [1.165, 1.54) is 6.92 Å². The first-order valence-electron chi connectivity index (χ1n) is 6.09. The molecule has 1 aromatic heterocycles. The number of ether oxygens (including phenoxy) is 1. The van der Waals surface area contributed by atoms with E-state index in [0.29, 0.717) is 20.8 Å². The van der Waals surface area contributed by atoms with E-state index in [-0.39, 0.29) is 30.3 Å². The van der Waals surface area contributed by atoms with Crippen molar-refractivity contribution in [2.24, 2.45) is 0 Å². The van der Waals surface area contributed by atoms with Gasteiger partial charge in [0.25, 0.3) is 0 Å². The predicted molar refractivity (Wildman–Crippen MR) is 82.1 cm³/mol. The summed E-state index contributed by atoms with van der Waals surface area (Å²) < 4.78 is 4.98. The molecule has 0 aromatic carbocycles. The maximum absolute atomic E-state index is 12.0. The molecule has 5 nitrogen and oxygen atoms in total. The number of halogens is 1. The molecular formula is C13H16BrNO4S. The summed E-state index contributed by atoms with van der Waals surface area (Å²) in [6.07, 6.45) is 0.286. The Morgan fingerprint density at radius 2 is 2.00 bits per heavy atom. The number of rotatable bonds is 6. The highest BCUT2D eigenvalue weighted by molar-refractivity contribution is 9.09. The first-order chi connectivity index (χ1) is 9.42. The zero-order valence-electron chi connectivity index (χ0n) is 11.5. The number of nitrogens with one attached hydrogen (secondary N) is 1. The number of Topliss-reactive ketones (excluding diaryl/α,β-unsaturated/α-hetero) is 1. The van der Waals surface area contributed by atoms with Crippen LogP contribution in [0.15, 0.2) is 0 Å². The third-order valence-electron chi connectivity index (χ3n) is 2.52. The van der Waals surface area contributed by atoms with Gasteiger partial charge in [0.15, 0.2) is 5.78 Å². The zero-order chi connectivity index (χ0) is 15.3. The van der Waals surface area contributed by atoms with E-state index in [9.17, 15) is 14.4 Å². The topological polar surface area (TPSA) is 72.5 Å². The van der Waals surface area contributed by atoms with E-state index < -0.39 is 5.97 Å². The molecule has 0 saturated heterocycles. The fourth-order valence-electron chi connectivity index (χ4n) is 1.66. The summed E-state index contributed by atoms with van der Waals surface area (Å²) in [7, 11) is 0. The highest BCUT2D eigenvalue weighted by atomic mass is 79.9. The number of carbonyl (C=O) groups excluding carboxylic acids is 3. The second-order valence-corrected chi connectivity index (χ2v) is 5.84. The summed E-state index contributed by atoms with van der Waals surface area (Å²) in [5, 5.41) is 3.56. The summed E-state index contributed by atoms with van der Waals surface area (Å²) >= 11 is 4.28. The molecule has 1 aromatic rings. The molecule has 0 radical (unpaired) electrons. The molecule has 20 heavy (non-hydrogen) atoms. The van der Waals surface area contributed by atoms with Gasteiger partial charge in [-0.25, -0.2) is 4.79 Å².